The van der Waals surface area contributed by atoms with Gasteiger partial charge in [-0.05, 0) is 12.8 Å². The highest BCUT2D eigenvalue weighted by Gasteiger charge is 2.09. The van der Waals surface area contributed by atoms with Gasteiger partial charge in [0.05, 0.1) is 0 Å². The summed E-state index contributed by atoms with van der Waals surface area (Å²) in [6.45, 7) is 4.65. The fourth-order valence-electron chi connectivity index (χ4n) is 0.850. The molecule has 1 unspecified atom stereocenters. The van der Waals surface area contributed by atoms with E-state index >= 15 is 0 Å². The number of hydrogen-bond donors (Lipinski definition) is 2. The number of nitrogens with one attached hydrogen (secondary N) is 1. The number of ether oxygens (including phenoxy) is 1. The van der Waals surface area contributed by atoms with Crippen molar-refractivity contribution in [3.05, 3.63) is 0 Å². The fourth-order valence-corrected chi connectivity index (χ4v) is 0.850. The molecule has 5 nitrogen and oxygen atoms in total. The molecule has 0 aromatic heterocycles. The molecule has 0 aliphatic carbocycles. The third-order valence-corrected chi connectivity index (χ3v) is 1.61. The minimum absolute atomic E-state index is 0.569. The van der Waals surface area contributed by atoms with Gasteiger partial charge in [0.1, 0.15) is 0 Å². The van der Waals surface area contributed by atoms with E-state index < -0.39 is 12.4 Å². The van der Waals surface area contributed by atoms with Crippen LogP contribution in [0, 0.1) is 0 Å². The SMILES string of the molecule is CCCCNOC(=O)OC(N)CCC. The van der Waals surface area contributed by atoms with E-state index in [1.54, 1.807) is 0 Å². The molecule has 0 aromatic rings. The van der Waals surface area contributed by atoms with Crippen molar-refractivity contribution in [1.29, 1.82) is 0 Å². The van der Waals surface area contributed by atoms with E-state index in [1.165, 1.54) is 0 Å². The number of hydroxylamine groups is 1. The van der Waals surface area contributed by atoms with Crippen molar-refractivity contribution in [2.75, 3.05) is 6.54 Å². The van der Waals surface area contributed by atoms with Gasteiger partial charge in [0.15, 0.2) is 6.23 Å². The zero-order valence-electron chi connectivity index (χ0n) is 8.91. The van der Waals surface area contributed by atoms with Crippen molar-refractivity contribution >= 4 is 6.16 Å². The second-order valence-electron chi connectivity index (χ2n) is 3.04. The van der Waals surface area contributed by atoms with Crippen LogP contribution in [0.4, 0.5) is 4.79 Å². The fraction of sp³-hybridized carbons (Fsp3) is 0.889. The average Bonchev–Trinajstić information content (AvgIpc) is 2.13. The number of carbonyl (C=O) groups excluding carboxylic acids is 1. The number of rotatable bonds is 7. The normalized spacial score (nSPS) is 12.2. The lowest BCUT2D eigenvalue weighted by Gasteiger charge is -2.11. The minimum atomic E-state index is -0.762. The van der Waals surface area contributed by atoms with Gasteiger partial charge < -0.3 is 9.57 Å². The van der Waals surface area contributed by atoms with E-state index in [0.29, 0.717) is 13.0 Å². The molecule has 14 heavy (non-hydrogen) atoms. The smallest absolute Gasteiger partial charge is 0.414 e. The maximum Gasteiger partial charge on any atom is 0.529 e. The first-order chi connectivity index (χ1) is 6.70. The lowest BCUT2D eigenvalue weighted by atomic mass is 10.3. The summed E-state index contributed by atoms with van der Waals surface area (Å²) in [6.07, 6.45) is 2.18. The standard InChI is InChI=1S/C9H20N2O3/c1-3-5-7-11-14-9(12)13-8(10)6-4-2/h8,11H,3-7,10H2,1-2H3. The van der Waals surface area contributed by atoms with Crippen molar-refractivity contribution in [2.45, 2.75) is 45.8 Å². The molecule has 0 amide bonds. The minimum Gasteiger partial charge on any atom is -0.414 e. The molecule has 1 atom stereocenters. The highest BCUT2D eigenvalue weighted by molar-refractivity contribution is 5.59. The Bertz CT molecular complexity index is 153. The molecule has 0 aliphatic rings. The summed E-state index contributed by atoms with van der Waals surface area (Å²) in [5, 5.41) is 0. The van der Waals surface area contributed by atoms with Crippen molar-refractivity contribution < 1.29 is 14.4 Å². The van der Waals surface area contributed by atoms with E-state index in [9.17, 15) is 4.79 Å². The third-order valence-electron chi connectivity index (χ3n) is 1.61. The molecule has 84 valence electrons. The van der Waals surface area contributed by atoms with Gasteiger partial charge in [0.2, 0.25) is 0 Å². The van der Waals surface area contributed by atoms with Gasteiger partial charge in [0, 0.05) is 6.54 Å². The Morgan fingerprint density at radius 1 is 1.43 bits per heavy atom. The predicted molar refractivity (Wildman–Crippen MR) is 53.4 cm³/mol. The van der Waals surface area contributed by atoms with Crippen molar-refractivity contribution in [1.82, 2.24) is 5.48 Å². The lowest BCUT2D eigenvalue weighted by molar-refractivity contribution is -0.00834. The van der Waals surface area contributed by atoms with Gasteiger partial charge in [-0.3, -0.25) is 5.73 Å². The summed E-state index contributed by atoms with van der Waals surface area (Å²) in [7, 11) is 0. The van der Waals surface area contributed by atoms with E-state index in [-0.39, 0.29) is 0 Å². The molecular weight excluding hydrogens is 184 g/mol. The molecular formula is C9H20N2O3. The zero-order chi connectivity index (χ0) is 10.8. The van der Waals surface area contributed by atoms with Crippen LogP contribution in [0.5, 0.6) is 0 Å². The van der Waals surface area contributed by atoms with Gasteiger partial charge >= 0.3 is 6.16 Å². The van der Waals surface area contributed by atoms with E-state index in [1.807, 2.05) is 6.92 Å². The maximum absolute atomic E-state index is 10.9. The van der Waals surface area contributed by atoms with Crippen molar-refractivity contribution in [3.8, 4) is 0 Å². The second kappa shape index (κ2) is 8.77. The molecule has 0 rings (SSSR count). The third kappa shape index (κ3) is 7.82. The molecule has 0 spiro atoms. The first-order valence-corrected chi connectivity index (χ1v) is 5.06. The summed E-state index contributed by atoms with van der Waals surface area (Å²) in [5.41, 5.74) is 7.97. The lowest BCUT2D eigenvalue weighted by Crippen LogP contribution is -2.30. The van der Waals surface area contributed by atoms with E-state index in [2.05, 4.69) is 17.2 Å². The number of nitrogens with two attached hydrogens (primary N) is 1. The quantitative estimate of drug-likeness (QED) is 0.285. The van der Waals surface area contributed by atoms with E-state index in [4.69, 9.17) is 10.5 Å². The highest BCUT2D eigenvalue weighted by Crippen LogP contribution is 1.96. The van der Waals surface area contributed by atoms with Crippen LogP contribution in [-0.2, 0) is 9.57 Å². The van der Waals surface area contributed by atoms with Crippen molar-refractivity contribution in [3.63, 3.8) is 0 Å². The van der Waals surface area contributed by atoms with Crippen LogP contribution >= 0.6 is 0 Å². The molecule has 0 heterocycles. The highest BCUT2D eigenvalue weighted by atomic mass is 16.8. The first-order valence-electron chi connectivity index (χ1n) is 5.06. The molecule has 0 aromatic carbocycles. The van der Waals surface area contributed by atoms with Crippen LogP contribution in [0.1, 0.15) is 39.5 Å². The molecule has 5 heteroatoms. The summed E-state index contributed by atoms with van der Waals surface area (Å²) >= 11 is 0. The van der Waals surface area contributed by atoms with Gasteiger partial charge in [0.25, 0.3) is 0 Å². The second-order valence-corrected chi connectivity index (χ2v) is 3.04. The molecule has 0 saturated carbocycles. The first kappa shape index (κ1) is 13.2. The van der Waals surface area contributed by atoms with Gasteiger partial charge in [-0.25, -0.2) is 4.79 Å². The Morgan fingerprint density at radius 2 is 2.14 bits per heavy atom. The number of hydrogen-bond acceptors (Lipinski definition) is 5. The van der Waals surface area contributed by atoms with E-state index in [0.717, 1.165) is 19.3 Å². The summed E-state index contributed by atoms with van der Waals surface area (Å²) in [4.78, 5) is 15.5. The Hall–Kier alpha value is -0.810. The van der Waals surface area contributed by atoms with Crippen LogP contribution < -0.4 is 11.2 Å². The Labute approximate surface area is 84.9 Å². The Morgan fingerprint density at radius 3 is 2.71 bits per heavy atom. The summed E-state index contributed by atoms with van der Waals surface area (Å²) in [5.74, 6) is 0. The number of unbranched alkanes of at least 4 members (excludes halogenated alkanes) is 1. The zero-order valence-corrected chi connectivity index (χ0v) is 8.91. The number of carbonyl (C=O) groups is 1. The molecule has 3 N–H and O–H groups in total. The molecule has 0 radical (unpaired) electrons. The summed E-state index contributed by atoms with van der Waals surface area (Å²) in [6, 6.07) is 0. The van der Waals surface area contributed by atoms with Crippen LogP contribution in [0.3, 0.4) is 0 Å². The molecule has 0 saturated heterocycles. The van der Waals surface area contributed by atoms with Gasteiger partial charge in [-0.2, -0.15) is 0 Å². The largest absolute Gasteiger partial charge is 0.529 e. The maximum atomic E-state index is 10.9. The van der Waals surface area contributed by atoms with Crippen LogP contribution in [0.2, 0.25) is 0 Å². The van der Waals surface area contributed by atoms with Crippen LogP contribution in [0.15, 0.2) is 0 Å². The molecule has 0 fully saturated rings. The monoisotopic (exact) mass is 204 g/mol. The summed E-state index contributed by atoms with van der Waals surface area (Å²) < 4.78 is 4.73. The molecule has 0 aliphatic heterocycles. The average molecular weight is 204 g/mol. The van der Waals surface area contributed by atoms with Crippen molar-refractivity contribution in [2.24, 2.45) is 5.73 Å². The van der Waals surface area contributed by atoms with Crippen LogP contribution in [-0.4, -0.2) is 18.9 Å². The predicted octanol–water partition coefficient (Wildman–Crippen LogP) is 1.53. The Balaban J connectivity index is 3.35. The van der Waals surface area contributed by atoms with Crippen LogP contribution in [0.25, 0.3) is 0 Å². The Kier molecular flexibility index (Phi) is 8.27. The molecule has 0 bridgehead atoms. The van der Waals surface area contributed by atoms with Gasteiger partial charge in [-0.15, -0.1) is 5.48 Å². The van der Waals surface area contributed by atoms with Gasteiger partial charge in [-0.1, -0.05) is 26.7 Å². The topological polar surface area (TPSA) is 73.6 Å².